The zero-order chi connectivity index (χ0) is 9.73. The van der Waals surface area contributed by atoms with Gasteiger partial charge in [0.05, 0.1) is 5.75 Å². The van der Waals surface area contributed by atoms with Crippen LogP contribution in [-0.4, -0.2) is 47.0 Å². The smallest absolute Gasteiger partial charge is 0.212 e. The van der Waals surface area contributed by atoms with Crippen LogP contribution in [0.15, 0.2) is 0 Å². The van der Waals surface area contributed by atoms with Crippen molar-refractivity contribution in [2.75, 3.05) is 32.6 Å². The lowest BCUT2D eigenvalue weighted by Crippen LogP contribution is -2.57. The van der Waals surface area contributed by atoms with E-state index in [1.165, 1.54) is 0 Å². The van der Waals surface area contributed by atoms with Crippen LogP contribution in [0.4, 0.5) is 0 Å². The van der Waals surface area contributed by atoms with Gasteiger partial charge in [-0.05, 0) is 6.42 Å². The van der Waals surface area contributed by atoms with Crippen molar-refractivity contribution in [3.05, 3.63) is 0 Å². The van der Waals surface area contributed by atoms with Crippen molar-refractivity contribution in [1.29, 1.82) is 0 Å². The molecule has 1 fully saturated rings. The molecule has 0 spiro atoms. The minimum Gasteiger partial charge on any atom is -0.385 e. The Kier molecular flexibility index (Phi) is 4.11. The van der Waals surface area contributed by atoms with E-state index in [0.29, 0.717) is 13.0 Å². The van der Waals surface area contributed by atoms with Crippen LogP contribution in [0.25, 0.3) is 0 Å². The van der Waals surface area contributed by atoms with Crippen molar-refractivity contribution in [2.24, 2.45) is 0 Å². The third-order valence-electron chi connectivity index (χ3n) is 1.89. The predicted molar refractivity (Wildman–Crippen MR) is 50.1 cm³/mol. The van der Waals surface area contributed by atoms with Gasteiger partial charge in [0.15, 0.2) is 0 Å². The maximum atomic E-state index is 11.3. The minimum absolute atomic E-state index is 0.0903. The lowest BCUT2D eigenvalue weighted by Gasteiger charge is -2.27. The van der Waals surface area contributed by atoms with Crippen molar-refractivity contribution in [2.45, 2.75) is 12.5 Å². The highest BCUT2D eigenvalue weighted by molar-refractivity contribution is 7.89. The van der Waals surface area contributed by atoms with Crippen LogP contribution >= 0.6 is 0 Å². The molecule has 0 aliphatic carbocycles. The summed E-state index contributed by atoms with van der Waals surface area (Å²) in [5, 5.41) is 3.00. The van der Waals surface area contributed by atoms with E-state index in [4.69, 9.17) is 4.74 Å². The van der Waals surface area contributed by atoms with Gasteiger partial charge in [0.25, 0.3) is 0 Å². The fourth-order valence-corrected chi connectivity index (χ4v) is 2.37. The number of hydrogen-bond donors (Lipinski definition) is 2. The highest BCUT2D eigenvalue weighted by Crippen LogP contribution is 1.97. The van der Waals surface area contributed by atoms with Crippen LogP contribution < -0.4 is 10.0 Å². The van der Waals surface area contributed by atoms with Gasteiger partial charge in [-0.15, -0.1) is 0 Å². The van der Waals surface area contributed by atoms with E-state index in [9.17, 15) is 8.42 Å². The normalized spacial score (nSPS) is 18.5. The standard InChI is InChI=1S/C7H16N2O3S/c1-12-3-2-4-13(10,11)9-7-5-8-6-7/h7-9H,2-6H2,1H3. The van der Waals surface area contributed by atoms with Crippen LogP contribution in [0.1, 0.15) is 6.42 Å². The molecule has 0 amide bonds. The molecule has 0 radical (unpaired) electrons. The lowest BCUT2D eigenvalue weighted by molar-refractivity contribution is 0.199. The Bertz CT molecular complexity index is 236. The maximum absolute atomic E-state index is 11.3. The SMILES string of the molecule is COCCCS(=O)(=O)NC1CNC1. The second-order valence-electron chi connectivity index (χ2n) is 3.14. The van der Waals surface area contributed by atoms with Gasteiger partial charge in [0.1, 0.15) is 0 Å². The van der Waals surface area contributed by atoms with Gasteiger partial charge in [0, 0.05) is 32.8 Å². The lowest BCUT2D eigenvalue weighted by atomic mass is 10.2. The molecule has 0 aromatic heterocycles. The van der Waals surface area contributed by atoms with Crippen LogP contribution in [-0.2, 0) is 14.8 Å². The third kappa shape index (κ3) is 4.04. The van der Waals surface area contributed by atoms with Crippen LogP contribution in [0.3, 0.4) is 0 Å². The maximum Gasteiger partial charge on any atom is 0.212 e. The van der Waals surface area contributed by atoms with Gasteiger partial charge in [-0.2, -0.15) is 0 Å². The van der Waals surface area contributed by atoms with Crippen LogP contribution in [0, 0.1) is 0 Å². The summed E-state index contributed by atoms with van der Waals surface area (Å²) in [4.78, 5) is 0. The van der Waals surface area contributed by atoms with Crippen LogP contribution in [0.2, 0.25) is 0 Å². The van der Waals surface area contributed by atoms with E-state index in [-0.39, 0.29) is 11.8 Å². The Labute approximate surface area is 78.9 Å². The van der Waals surface area contributed by atoms with E-state index in [1.807, 2.05) is 0 Å². The molecule has 13 heavy (non-hydrogen) atoms. The zero-order valence-electron chi connectivity index (χ0n) is 7.75. The molecule has 1 aliphatic heterocycles. The number of sulfonamides is 1. The summed E-state index contributed by atoms with van der Waals surface area (Å²) in [5.41, 5.74) is 0. The highest BCUT2D eigenvalue weighted by Gasteiger charge is 2.22. The molecule has 0 saturated carbocycles. The first-order valence-corrected chi connectivity index (χ1v) is 5.99. The molecule has 0 unspecified atom stereocenters. The molecule has 1 heterocycles. The number of hydrogen-bond acceptors (Lipinski definition) is 4. The molecular weight excluding hydrogens is 192 g/mol. The van der Waals surface area contributed by atoms with E-state index in [1.54, 1.807) is 7.11 Å². The van der Waals surface area contributed by atoms with Crippen molar-refractivity contribution in [3.8, 4) is 0 Å². The minimum atomic E-state index is -3.08. The van der Waals surface area contributed by atoms with Gasteiger partial charge in [-0.25, -0.2) is 13.1 Å². The first-order valence-electron chi connectivity index (χ1n) is 4.34. The summed E-state index contributed by atoms with van der Waals surface area (Å²) >= 11 is 0. The number of nitrogens with one attached hydrogen (secondary N) is 2. The monoisotopic (exact) mass is 208 g/mol. The molecular formula is C7H16N2O3S. The summed E-state index contributed by atoms with van der Waals surface area (Å²) in [6, 6.07) is 0.0903. The quantitative estimate of drug-likeness (QED) is 0.545. The Morgan fingerprint density at radius 2 is 2.23 bits per heavy atom. The van der Waals surface area contributed by atoms with E-state index >= 15 is 0 Å². The van der Waals surface area contributed by atoms with Gasteiger partial charge in [0.2, 0.25) is 10.0 Å². The number of ether oxygens (including phenoxy) is 1. The largest absolute Gasteiger partial charge is 0.385 e. The number of methoxy groups -OCH3 is 1. The molecule has 2 N–H and O–H groups in total. The summed E-state index contributed by atoms with van der Waals surface area (Å²) in [6.07, 6.45) is 0.548. The molecule has 0 bridgehead atoms. The molecule has 0 aromatic rings. The van der Waals surface area contributed by atoms with Gasteiger partial charge in [-0.1, -0.05) is 0 Å². The predicted octanol–water partition coefficient (Wildman–Crippen LogP) is -1.09. The average molecular weight is 208 g/mol. The highest BCUT2D eigenvalue weighted by atomic mass is 32.2. The van der Waals surface area contributed by atoms with E-state index < -0.39 is 10.0 Å². The Balaban J connectivity index is 2.20. The molecule has 0 atom stereocenters. The Morgan fingerprint density at radius 1 is 1.54 bits per heavy atom. The molecule has 6 heteroatoms. The first-order chi connectivity index (χ1) is 6.14. The van der Waals surface area contributed by atoms with Gasteiger partial charge < -0.3 is 10.1 Å². The van der Waals surface area contributed by atoms with Gasteiger partial charge >= 0.3 is 0 Å². The Hall–Kier alpha value is -0.170. The molecule has 0 aromatic carbocycles. The summed E-state index contributed by atoms with van der Waals surface area (Å²) < 4.78 is 30.0. The van der Waals surface area contributed by atoms with Crippen molar-refractivity contribution in [1.82, 2.24) is 10.0 Å². The van der Waals surface area contributed by atoms with Crippen molar-refractivity contribution >= 4 is 10.0 Å². The molecule has 5 nitrogen and oxygen atoms in total. The topological polar surface area (TPSA) is 67.4 Å². The number of rotatable bonds is 6. The zero-order valence-corrected chi connectivity index (χ0v) is 8.56. The molecule has 1 aliphatic rings. The van der Waals surface area contributed by atoms with Gasteiger partial charge in [-0.3, -0.25) is 0 Å². The second kappa shape index (κ2) is 4.90. The van der Waals surface area contributed by atoms with E-state index in [0.717, 1.165) is 13.1 Å². The second-order valence-corrected chi connectivity index (χ2v) is 5.01. The van der Waals surface area contributed by atoms with Crippen LogP contribution in [0.5, 0.6) is 0 Å². The summed E-state index contributed by atoms with van der Waals surface area (Å²) in [6.45, 7) is 1.97. The van der Waals surface area contributed by atoms with Crippen molar-refractivity contribution < 1.29 is 13.2 Å². The summed E-state index contributed by atoms with van der Waals surface area (Å²) in [5.74, 6) is 0.150. The third-order valence-corrected chi connectivity index (χ3v) is 3.41. The van der Waals surface area contributed by atoms with E-state index in [2.05, 4.69) is 10.0 Å². The molecule has 1 saturated heterocycles. The fraction of sp³-hybridized carbons (Fsp3) is 1.00. The average Bonchev–Trinajstić information content (AvgIpc) is 1.98. The summed E-state index contributed by atoms with van der Waals surface area (Å²) in [7, 11) is -1.52. The van der Waals surface area contributed by atoms with Crippen molar-refractivity contribution in [3.63, 3.8) is 0 Å². The Morgan fingerprint density at radius 3 is 2.69 bits per heavy atom. The molecule has 1 rings (SSSR count). The fourth-order valence-electron chi connectivity index (χ4n) is 1.08. The molecule has 78 valence electrons. The first kappa shape index (κ1) is 10.9.